The summed E-state index contributed by atoms with van der Waals surface area (Å²) in [6.45, 7) is 0.992. The Morgan fingerprint density at radius 1 is 1.17 bits per heavy atom. The Bertz CT molecular complexity index is 743. The molecule has 0 fully saturated rings. The summed E-state index contributed by atoms with van der Waals surface area (Å²) in [6, 6.07) is 12.4. The summed E-state index contributed by atoms with van der Waals surface area (Å²) >= 11 is 0. The topological polar surface area (TPSA) is 69.2 Å². The minimum atomic E-state index is -0.326. The molecule has 0 spiro atoms. The van der Waals surface area contributed by atoms with Crippen LogP contribution in [0.2, 0.25) is 0 Å². The number of rotatable bonds is 4. The van der Waals surface area contributed by atoms with Gasteiger partial charge in [0.05, 0.1) is 13.3 Å². The number of nitrogens with one attached hydrogen (secondary N) is 1. The van der Waals surface area contributed by atoms with Crippen LogP contribution in [0.1, 0.15) is 15.9 Å². The van der Waals surface area contributed by atoms with Gasteiger partial charge >= 0.3 is 0 Å². The quantitative estimate of drug-likeness (QED) is 0.694. The maximum absolute atomic E-state index is 12.1. The lowest BCUT2D eigenvalue weighted by Gasteiger charge is -2.18. The molecule has 0 unspecified atom stereocenters. The fourth-order valence-corrected chi connectivity index (χ4v) is 2.18. The first-order valence-electron chi connectivity index (χ1n) is 7.14. The molecule has 0 saturated heterocycles. The molecule has 0 aliphatic carbocycles. The van der Waals surface area contributed by atoms with E-state index in [1.807, 2.05) is 24.3 Å². The lowest BCUT2D eigenvalue weighted by molar-refractivity contribution is 0.0954. The van der Waals surface area contributed by atoms with E-state index >= 15 is 0 Å². The first-order chi connectivity index (χ1) is 11.3. The predicted octanol–water partition coefficient (Wildman–Crippen LogP) is 2.23. The van der Waals surface area contributed by atoms with E-state index in [2.05, 4.69) is 10.5 Å². The van der Waals surface area contributed by atoms with E-state index in [4.69, 9.17) is 14.2 Å². The van der Waals surface area contributed by atoms with Crippen molar-refractivity contribution < 1.29 is 19.0 Å². The molecule has 3 rings (SSSR count). The Kier molecular flexibility index (Phi) is 4.42. The number of para-hydroxylation sites is 1. The van der Waals surface area contributed by atoms with Crippen molar-refractivity contribution in [3.63, 3.8) is 0 Å². The summed E-state index contributed by atoms with van der Waals surface area (Å²) < 4.78 is 16.1. The number of hydrazone groups is 1. The van der Waals surface area contributed by atoms with E-state index in [0.717, 1.165) is 5.56 Å². The Morgan fingerprint density at radius 3 is 2.78 bits per heavy atom. The van der Waals surface area contributed by atoms with Crippen LogP contribution in [-0.2, 0) is 0 Å². The standard InChI is InChI=1S/C17H16N2O4/c1-21-14-5-3-2-4-13(14)11-18-19-17(20)12-6-7-15-16(10-12)23-9-8-22-15/h2-7,10-11H,8-9H2,1H3,(H,19,20). The monoisotopic (exact) mass is 312 g/mol. The summed E-state index contributed by atoms with van der Waals surface area (Å²) in [5.41, 5.74) is 3.71. The molecule has 0 bridgehead atoms. The number of nitrogens with zero attached hydrogens (tertiary/aromatic N) is 1. The van der Waals surface area contributed by atoms with Crippen LogP contribution >= 0.6 is 0 Å². The molecular formula is C17H16N2O4. The van der Waals surface area contributed by atoms with Gasteiger partial charge in [-0.25, -0.2) is 5.43 Å². The lowest BCUT2D eigenvalue weighted by Crippen LogP contribution is -2.19. The average molecular weight is 312 g/mol. The maximum atomic E-state index is 12.1. The van der Waals surface area contributed by atoms with Crippen molar-refractivity contribution in [3.05, 3.63) is 53.6 Å². The van der Waals surface area contributed by atoms with Crippen molar-refractivity contribution in [3.8, 4) is 17.2 Å². The number of amides is 1. The molecule has 0 radical (unpaired) electrons. The van der Waals surface area contributed by atoms with Crippen LogP contribution in [0.5, 0.6) is 17.2 Å². The molecule has 1 heterocycles. The van der Waals surface area contributed by atoms with Crippen molar-refractivity contribution in [2.75, 3.05) is 20.3 Å². The summed E-state index contributed by atoms with van der Waals surface area (Å²) in [6.07, 6.45) is 1.54. The Labute approximate surface area is 133 Å². The Hall–Kier alpha value is -3.02. The van der Waals surface area contributed by atoms with Crippen LogP contribution in [0.4, 0.5) is 0 Å². The van der Waals surface area contributed by atoms with Crippen LogP contribution < -0.4 is 19.6 Å². The molecule has 118 valence electrons. The summed E-state index contributed by atoms with van der Waals surface area (Å²) in [4.78, 5) is 12.1. The van der Waals surface area contributed by atoms with Crippen LogP contribution in [0.15, 0.2) is 47.6 Å². The molecule has 23 heavy (non-hydrogen) atoms. The molecular weight excluding hydrogens is 296 g/mol. The zero-order valence-corrected chi connectivity index (χ0v) is 12.6. The molecule has 1 aliphatic rings. The van der Waals surface area contributed by atoms with E-state index < -0.39 is 0 Å². The van der Waals surface area contributed by atoms with Gasteiger partial charge in [0.1, 0.15) is 19.0 Å². The van der Waals surface area contributed by atoms with E-state index in [-0.39, 0.29) is 5.91 Å². The van der Waals surface area contributed by atoms with Gasteiger partial charge in [-0.05, 0) is 30.3 Å². The number of ether oxygens (including phenoxy) is 3. The number of benzene rings is 2. The summed E-state index contributed by atoms with van der Waals surface area (Å²) in [5.74, 6) is 1.57. The molecule has 1 N–H and O–H groups in total. The van der Waals surface area contributed by atoms with Gasteiger partial charge in [0.2, 0.25) is 0 Å². The largest absolute Gasteiger partial charge is 0.496 e. The van der Waals surface area contributed by atoms with Crippen molar-refractivity contribution in [1.82, 2.24) is 5.43 Å². The van der Waals surface area contributed by atoms with Crippen LogP contribution in [0, 0.1) is 0 Å². The Morgan fingerprint density at radius 2 is 1.96 bits per heavy atom. The summed E-state index contributed by atoms with van der Waals surface area (Å²) in [7, 11) is 1.58. The first kappa shape index (κ1) is 14.9. The summed E-state index contributed by atoms with van der Waals surface area (Å²) in [5, 5.41) is 3.96. The fourth-order valence-electron chi connectivity index (χ4n) is 2.18. The van der Waals surface area contributed by atoms with Gasteiger partial charge in [0.15, 0.2) is 11.5 Å². The van der Waals surface area contributed by atoms with Gasteiger partial charge in [-0.15, -0.1) is 0 Å². The molecule has 1 amide bonds. The van der Waals surface area contributed by atoms with Gasteiger partial charge in [0, 0.05) is 11.1 Å². The molecule has 6 nitrogen and oxygen atoms in total. The molecule has 2 aromatic rings. The lowest BCUT2D eigenvalue weighted by atomic mass is 10.2. The zero-order chi connectivity index (χ0) is 16.1. The van der Waals surface area contributed by atoms with Gasteiger partial charge in [-0.3, -0.25) is 4.79 Å². The third-order valence-corrected chi connectivity index (χ3v) is 3.31. The van der Waals surface area contributed by atoms with Crippen LogP contribution in [-0.4, -0.2) is 32.4 Å². The van der Waals surface area contributed by atoms with E-state index in [1.165, 1.54) is 6.21 Å². The number of methoxy groups -OCH3 is 1. The minimum Gasteiger partial charge on any atom is -0.496 e. The normalized spacial score (nSPS) is 12.9. The fraction of sp³-hybridized carbons (Fsp3) is 0.176. The van der Waals surface area contributed by atoms with Gasteiger partial charge in [-0.2, -0.15) is 5.10 Å². The van der Waals surface area contributed by atoms with Gasteiger partial charge in [0.25, 0.3) is 5.91 Å². The van der Waals surface area contributed by atoms with Crippen molar-refractivity contribution in [2.45, 2.75) is 0 Å². The number of fused-ring (bicyclic) bond motifs is 1. The number of hydrogen-bond donors (Lipinski definition) is 1. The highest BCUT2D eigenvalue weighted by Crippen LogP contribution is 2.30. The average Bonchev–Trinajstić information content (AvgIpc) is 2.61. The third kappa shape index (κ3) is 3.42. The first-order valence-corrected chi connectivity index (χ1v) is 7.14. The molecule has 0 atom stereocenters. The van der Waals surface area contributed by atoms with Crippen LogP contribution in [0.3, 0.4) is 0 Å². The van der Waals surface area contributed by atoms with Crippen molar-refractivity contribution in [2.24, 2.45) is 5.10 Å². The number of carbonyl (C=O) groups excluding carboxylic acids is 1. The molecule has 2 aromatic carbocycles. The van der Waals surface area contributed by atoms with Crippen molar-refractivity contribution in [1.29, 1.82) is 0 Å². The van der Waals surface area contributed by atoms with Crippen LogP contribution in [0.25, 0.3) is 0 Å². The van der Waals surface area contributed by atoms with E-state index in [0.29, 0.717) is 36.0 Å². The molecule has 6 heteroatoms. The van der Waals surface area contributed by atoms with E-state index in [9.17, 15) is 4.79 Å². The molecule has 1 aliphatic heterocycles. The molecule has 0 aromatic heterocycles. The SMILES string of the molecule is COc1ccccc1C=NNC(=O)c1ccc2c(c1)OCCO2. The smallest absolute Gasteiger partial charge is 0.271 e. The third-order valence-electron chi connectivity index (χ3n) is 3.31. The Balaban J connectivity index is 1.68. The van der Waals surface area contributed by atoms with Gasteiger partial charge in [-0.1, -0.05) is 12.1 Å². The predicted molar refractivity (Wildman–Crippen MR) is 85.5 cm³/mol. The van der Waals surface area contributed by atoms with E-state index in [1.54, 1.807) is 25.3 Å². The highest BCUT2D eigenvalue weighted by atomic mass is 16.6. The number of carbonyl (C=O) groups is 1. The second kappa shape index (κ2) is 6.83. The second-order valence-electron chi connectivity index (χ2n) is 4.80. The number of hydrogen-bond acceptors (Lipinski definition) is 5. The maximum Gasteiger partial charge on any atom is 0.271 e. The van der Waals surface area contributed by atoms with Gasteiger partial charge < -0.3 is 14.2 Å². The zero-order valence-electron chi connectivity index (χ0n) is 12.6. The minimum absolute atomic E-state index is 0.326. The second-order valence-corrected chi connectivity index (χ2v) is 4.80. The van der Waals surface area contributed by atoms with Crippen molar-refractivity contribution >= 4 is 12.1 Å². The highest BCUT2D eigenvalue weighted by Gasteiger charge is 2.14. The highest BCUT2D eigenvalue weighted by molar-refractivity contribution is 5.95. The molecule has 0 saturated carbocycles.